The van der Waals surface area contributed by atoms with E-state index in [4.69, 9.17) is 25.4 Å². The third-order valence-electron chi connectivity index (χ3n) is 12.3. The molecule has 5 aliphatic rings. The summed E-state index contributed by atoms with van der Waals surface area (Å²) in [6.07, 6.45) is 5.62. The van der Waals surface area contributed by atoms with Crippen LogP contribution >= 0.6 is 0 Å². The summed E-state index contributed by atoms with van der Waals surface area (Å²) in [5.41, 5.74) is -4.13. The molecule has 5 fully saturated rings. The first-order valence-electron chi connectivity index (χ1n) is 18.7. The highest BCUT2D eigenvalue weighted by molar-refractivity contribution is 6.04. The summed E-state index contributed by atoms with van der Waals surface area (Å²) in [6, 6.07) is 1.90. The van der Waals surface area contributed by atoms with Gasteiger partial charge in [-0.25, -0.2) is 0 Å². The van der Waals surface area contributed by atoms with E-state index in [1.807, 2.05) is 46.8 Å². The number of carbonyl (C=O) groups excluding carboxylic acids is 2. The highest BCUT2D eigenvalue weighted by atomic mass is 16.7. The molecule has 5 rings (SSSR count). The maximum atomic E-state index is 14.7. The Morgan fingerprint density at radius 2 is 1.80 bits per heavy atom. The molecule has 2 bridgehead atoms. The van der Waals surface area contributed by atoms with Crippen LogP contribution in [0.2, 0.25) is 0 Å². The van der Waals surface area contributed by atoms with Crippen LogP contribution in [0.3, 0.4) is 0 Å². The number of terminal acetylenes is 1. The smallest absolute Gasteiger partial charge is 0.319 e. The zero-order valence-corrected chi connectivity index (χ0v) is 32.5. The monoisotopic (exact) mass is 706 g/mol. The van der Waals surface area contributed by atoms with E-state index in [-0.39, 0.29) is 42.9 Å². The van der Waals surface area contributed by atoms with Gasteiger partial charge < -0.3 is 49.2 Å². The van der Waals surface area contributed by atoms with Gasteiger partial charge in [-0.2, -0.15) is 0 Å². The lowest BCUT2D eigenvalue weighted by molar-refractivity contribution is -0.303. The van der Waals surface area contributed by atoms with E-state index in [9.17, 15) is 19.8 Å². The predicted octanol–water partition coefficient (Wildman–Crippen LogP) is 2.24. The number of ketones is 1. The number of hydrogen-bond acceptors (Lipinski definition) is 12. The molecule has 13 atom stereocenters. The van der Waals surface area contributed by atoms with Crippen LogP contribution in [0.25, 0.3) is 0 Å². The summed E-state index contributed by atoms with van der Waals surface area (Å²) in [7, 11) is 7.98. The minimum Gasteiger partial charge on any atom is -0.458 e. The molecule has 1 saturated carbocycles. The number of rotatable bonds is 8. The van der Waals surface area contributed by atoms with Crippen LogP contribution in [0.1, 0.15) is 87.0 Å². The van der Waals surface area contributed by atoms with Gasteiger partial charge in [0.05, 0.1) is 23.9 Å². The molecule has 0 aromatic carbocycles. The van der Waals surface area contributed by atoms with E-state index in [0.29, 0.717) is 38.4 Å². The van der Waals surface area contributed by atoms with Gasteiger partial charge >= 0.3 is 5.97 Å². The number of esters is 1. The van der Waals surface area contributed by atoms with E-state index in [1.165, 1.54) is 12.8 Å². The van der Waals surface area contributed by atoms with Crippen molar-refractivity contribution < 1.29 is 38.7 Å². The SMILES string of the molecule is C#CN[C@@H]1[C@@H](C)N(C)C[C@H](C)C[C@]2(C)OCC[C@](C)(C(=O)O[C@H](CC)[C@@]1(C)O)C(=O)[C@H](C)[C@H]2O[C@@H]1O[C@H](CN(C)C2CC2)C[C@H](N(C)C)[C@H]1O. The van der Waals surface area contributed by atoms with Crippen molar-refractivity contribution in [2.24, 2.45) is 17.3 Å². The Morgan fingerprint density at radius 1 is 1.14 bits per heavy atom. The zero-order chi connectivity index (χ0) is 37.3. The molecule has 50 heavy (non-hydrogen) atoms. The highest BCUT2D eigenvalue weighted by Gasteiger charge is 2.56. The van der Waals surface area contributed by atoms with Crippen molar-refractivity contribution in [3.8, 4) is 12.5 Å². The van der Waals surface area contributed by atoms with Gasteiger partial charge in [0.2, 0.25) is 0 Å². The van der Waals surface area contributed by atoms with Crippen molar-refractivity contribution in [1.82, 2.24) is 20.0 Å². The molecule has 0 radical (unpaired) electrons. The van der Waals surface area contributed by atoms with Crippen molar-refractivity contribution in [1.29, 1.82) is 0 Å². The number of hydrogen-bond donors (Lipinski definition) is 3. The first-order valence-corrected chi connectivity index (χ1v) is 18.7. The normalized spacial score (nSPS) is 44.3. The molecule has 4 saturated heterocycles. The Hall–Kier alpha value is -1.82. The number of nitrogens with zero attached hydrogens (tertiary/aromatic N) is 3. The summed E-state index contributed by atoms with van der Waals surface area (Å²) in [6.45, 7) is 14.4. The molecule has 0 amide bonds. The molecule has 1 aliphatic carbocycles. The van der Waals surface area contributed by atoms with Crippen LogP contribution in [0.15, 0.2) is 0 Å². The van der Waals surface area contributed by atoms with Gasteiger partial charge in [-0.15, -0.1) is 0 Å². The van der Waals surface area contributed by atoms with E-state index < -0.39 is 59.1 Å². The fourth-order valence-electron chi connectivity index (χ4n) is 8.88. The van der Waals surface area contributed by atoms with Crippen LogP contribution in [-0.2, 0) is 28.5 Å². The number of likely N-dealkylation sites (N-methyl/N-ethyl adjacent to an activating group) is 3. The highest BCUT2D eigenvalue weighted by Crippen LogP contribution is 2.43. The Labute approximate surface area is 300 Å². The van der Waals surface area contributed by atoms with Gasteiger partial charge in [0, 0.05) is 49.8 Å². The summed E-state index contributed by atoms with van der Waals surface area (Å²) < 4.78 is 26.3. The molecule has 0 unspecified atom stereocenters. The number of fused-ring (bicyclic) bond motifs is 13. The number of aliphatic hydroxyl groups is 2. The summed E-state index contributed by atoms with van der Waals surface area (Å²) >= 11 is 0. The van der Waals surface area contributed by atoms with Crippen LogP contribution < -0.4 is 5.32 Å². The molecular weight excluding hydrogens is 640 g/mol. The van der Waals surface area contributed by atoms with Gasteiger partial charge in [0.25, 0.3) is 0 Å². The maximum absolute atomic E-state index is 14.7. The summed E-state index contributed by atoms with van der Waals surface area (Å²) in [4.78, 5) is 35.4. The molecule has 0 spiro atoms. The quantitative estimate of drug-likeness (QED) is 0.148. The number of carbonyl (C=O) groups is 2. The molecule has 0 aromatic rings. The fraction of sp³-hybridized carbons (Fsp3) is 0.895. The summed E-state index contributed by atoms with van der Waals surface area (Å²) in [5, 5.41) is 26.7. The van der Waals surface area contributed by atoms with E-state index in [2.05, 4.69) is 35.1 Å². The van der Waals surface area contributed by atoms with Gasteiger partial charge in [0.1, 0.15) is 23.2 Å². The lowest BCUT2D eigenvalue weighted by atomic mass is 9.70. The third-order valence-corrected chi connectivity index (χ3v) is 12.3. The van der Waals surface area contributed by atoms with Gasteiger partial charge in [-0.05, 0) is 100 Å². The molecule has 12 nitrogen and oxygen atoms in total. The first kappa shape index (κ1) is 40.9. The number of ether oxygens (including phenoxy) is 4. The Bertz CT molecular complexity index is 1220. The zero-order valence-electron chi connectivity index (χ0n) is 32.5. The van der Waals surface area contributed by atoms with Crippen molar-refractivity contribution in [2.75, 3.05) is 47.9 Å². The van der Waals surface area contributed by atoms with Gasteiger partial charge in [0.15, 0.2) is 12.1 Å². The maximum Gasteiger partial charge on any atom is 0.319 e. The largest absolute Gasteiger partial charge is 0.458 e. The van der Waals surface area contributed by atoms with Crippen molar-refractivity contribution in [2.45, 2.75) is 153 Å². The number of aliphatic hydroxyl groups excluding tert-OH is 1. The second-order valence-electron chi connectivity index (χ2n) is 16.8. The molecule has 4 heterocycles. The van der Waals surface area contributed by atoms with Crippen LogP contribution in [-0.4, -0.2) is 151 Å². The summed E-state index contributed by atoms with van der Waals surface area (Å²) in [5.74, 6) is -1.84. The standard InChI is InChI=1S/C38H66N4O8/c1-13-29-38(8,46)31(39-14-2)25(5)41(11)21-23(3)20-37(7)33(24(4)32(44)36(6,17-18-47-37)35(45)49-29)50-34-30(43)28(40(9)10)19-27(48-34)22-42(12)26-15-16-26/h2,23-31,33-34,39,43,46H,13,15-22H2,1,3-12H3/t23-,24+,25-,27+,28+,29-,30-,31-,33-,34+,36+,37+,38-/m1/s1. The lowest BCUT2D eigenvalue weighted by Crippen LogP contribution is -2.64. The van der Waals surface area contributed by atoms with Gasteiger partial charge in [-0.1, -0.05) is 27.2 Å². The second kappa shape index (κ2) is 16.0. The second-order valence-corrected chi connectivity index (χ2v) is 16.8. The van der Waals surface area contributed by atoms with E-state index in [0.717, 1.165) is 0 Å². The van der Waals surface area contributed by atoms with Crippen LogP contribution in [0, 0.1) is 29.7 Å². The van der Waals surface area contributed by atoms with Gasteiger partial charge in [-0.3, -0.25) is 9.59 Å². The minimum atomic E-state index is -1.58. The Balaban J connectivity index is 1.76. The molecular formula is C38H66N4O8. The molecule has 4 aliphatic heterocycles. The molecule has 12 heteroatoms. The van der Waals surface area contributed by atoms with Crippen molar-refractivity contribution >= 4 is 11.8 Å². The van der Waals surface area contributed by atoms with Crippen LogP contribution in [0.5, 0.6) is 0 Å². The predicted molar refractivity (Wildman–Crippen MR) is 191 cm³/mol. The first-order chi connectivity index (χ1) is 23.3. The lowest BCUT2D eigenvalue weighted by Gasteiger charge is -2.49. The third kappa shape index (κ3) is 8.52. The Kier molecular flexibility index (Phi) is 13.1. The molecule has 0 aromatic heterocycles. The molecule has 286 valence electrons. The number of nitrogens with one attached hydrogen (secondary N) is 1. The van der Waals surface area contributed by atoms with Crippen LogP contribution in [0.4, 0.5) is 0 Å². The molecule has 3 N–H and O–H groups in total. The average Bonchev–Trinajstić information content (AvgIpc) is 3.89. The fourth-order valence-corrected chi connectivity index (χ4v) is 8.88. The van der Waals surface area contributed by atoms with Crippen molar-refractivity contribution in [3.63, 3.8) is 0 Å². The minimum absolute atomic E-state index is 0.0414. The Morgan fingerprint density at radius 3 is 2.38 bits per heavy atom. The number of Topliss-reactive ketones (excluding diaryl/α,β-unsaturated/α-hetero) is 1. The van der Waals surface area contributed by atoms with Crippen molar-refractivity contribution in [3.05, 3.63) is 0 Å². The topological polar surface area (TPSA) is 133 Å². The van der Waals surface area contributed by atoms with E-state index in [1.54, 1.807) is 20.8 Å². The van der Waals surface area contributed by atoms with E-state index >= 15 is 0 Å². The average molecular weight is 707 g/mol.